The zero-order valence-corrected chi connectivity index (χ0v) is 19.1. The average Bonchev–Trinajstić information content (AvgIpc) is 2.89. The number of aliphatic hydroxyl groups is 1. The Morgan fingerprint density at radius 3 is 2.59 bits per heavy atom. The van der Waals surface area contributed by atoms with Gasteiger partial charge in [-0.2, -0.15) is 0 Å². The molecule has 0 aromatic heterocycles. The van der Waals surface area contributed by atoms with Crippen molar-refractivity contribution in [3.63, 3.8) is 0 Å². The first-order valence-corrected chi connectivity index (χ1v) is 12.5. The number of benzene rings is 2. The highest BCUT2D eigenvalue weighted by molar-refractivity contribution is 7.90. The smallest absolute Gasteiger partial charge is 0.154 e. The van der Waals surface area contributed by atoms with E-state index >= 15 is 0 Å². The number of nitrogens with zero attached hydrogens (tertiary/aromatic N) is 2. The topological polar surface area (TPSA) is 70.0 Å². The van der Waals surface area contributed by atoms with Gasteiger partial charge in [0.25, 0.3) is 0 Å². The van der Waals surface area contributed by atoms with Crippen LogP contribution in [0.5, 0.6) is 0 Å². The summed E-state index contributed by atoms with van der Waals surface area (Å²) < 4.78 is 38.1. The zero-order valence-electron chi connectivity index (χ0n) is 18.3. The van der Waals surface area contributed by atoms with E-state index in [-0.39, 0.29) is 30.0 Å². The fourth-order valence-electron chi connectivity index (χ4n) is 4.18. The Hall–Kier alpha value is -2.77. The van der Waals surface area contributed by atoms with E-state index in [0.29, 0.717) is 12.1 Å². The molecule has 2 aromatic carbocycles. The van der Waals surface area contributed by atoms with E-state index < -0.39 is 9.84 Å². The molecule has 0 unspecified atom stereocenters. The van der Waals surface area contributed by atoms with Gasteiger partial charge in [-0.25, -0.2) is 12.8 Å². The maximum absolute atomic E-state index is 13.6. The van der Waals surface area contributed by atoms with Crippen LogP contribution >= 0.6 is 0 Å². The molecular weight excluding hydrogens is 427 g/mol. The van der Waals surface area contributed by atoms with Crippen LogP contribution in [0.15, 0.2) is 65.3 Å². The van der Waals surface area contributed by atoms with E-state index in [4.69, 9.17) is 4.99 Å². The Balaban J connectivity index is 1.94. The Labute approximate surface area is 188 Å². The number of fused-ring (bicyclic) bond motifs is 3. The highest BCUT2D eigenvalue weighted by atomic mass is 32.2. The van der Waals surface area contributed by atoms with Crippen LogP contribution in [0, 0.1) is 5.82 Å². The molecule has 1 atom stereocenters. The molecule has 0 amide bonds. The Morgan fingerprint density at radius 1 is 1.16 bits per heavy atom. The first kappa shape index (κ1) is 22.4. The predicted octanol–water partition coefficient (Wildman–Crippen LogP) is 3.58. The Bertz CT molecular complexity index is 1210. The van der Waals surface area contributed by atoms with Gasteiger partial charge in [-0.3, -0.25) is 4.99 Å². The molecule has 2 aliphatic rings. The molecule has 2 aromatic rings. The lowest BCUT2D eigenvalue weighted by Crippen LogP contribution is -2.21. The van der Waals surface area contributed by atoms with Gasteiger partial charge in [-0.1, -0.05) is 25.1 Å². The van der Waals surface area contributed by atoms with Gasteiger partial charge in [0.05, 0.1) is 17.5 Å². The van der Waals surface area contributed by atoms with Gasteiger partial charge >= 0.3 is 0 Å². The van der Waals surface area contributed by atoms with Crippen LogP contribution in [0.3, 0.4) is 0 Å². The van der Waals surface area contributed by atoms with Gasteiger partial charge in [0.1, 0.15) is 5.82 Å². The van der Waals surface area contributed by atoms with E-state index in [9.17, 15) is 17.9 Å². The highest BCUT2D eigenvalue weighted by Gasteiger charge is 2.29. The second kappa shape index (κ2) is 9.00. The Kier molecular flexibility index (Phi) is 6.31. The number of halogens is 1. The summed E-state index contributed by atoms with van der Waals surface area (Å²) in [4.78, 5) is 7.09. The third kappa shape index (κ3) is 4.54. The van der Waals surface area contributed by atoms with Crippen LogP contribution in [-0.2, 0) is 15.6 Å². The summed E-state index contributed by atoms with van der Waals surface area (Å²) in [7, 11) is -1.20. The first-order valence-electron chi connectivity index (χ1n) is 10.7. The van der Waals surface area contributed by atoms with Crippen molar-refractivity contribution in [2.24, 2.45) is 4.99 Å². The summed E-state index contributed by atoms with van der Waals surface area (Å²) >= 11 is 0. The van der Waals surface area contributed by atoms with Crippen molar-refractivity contribution < 1.29 is 17.9 Å². The van der Waals surface area contributed by atoms with Crippen molar-refractivity contribution in [2.75, 3.05) is 26.0 Å². The molecule has 4 rings (SSSR count). The van der Waals surface area contributed by atoms with E-state index in [0.717, 1.165) is 39.9 Å². The second-order valence-electron chi connectivity index (χ2n) is 8.21. The molecule has 0 bridgehead atoms. The van der Waals surface area contributed by atoms with Crippen LogP contribution in [0.1, 0.15) is 35.6 Å². The maximum Gasteiger partial charge on any atom is 0.154 e. The fourth-order valence-corrected chi connectivity index (χ4v) is 5.07. The van der Waals surface area contributed by atoms with Crippen molar-refractivity contribution in [2.45, 2.75) is 25.1 Å². The third-order valence-electron chi connectivity index (χ3n) is 5.88. The lowest BCUT2D eigenvalue weighted by molar-refractivity contribution is 0.282. The molecule has 0 aliphatic carbocycles. The molecule has 0 spiro atoms. The number of aliphatic hydroxyl groups excluding tert-OH is 1. The molecule has 0 saturated carbocycles. The number of hydrogen-bond acceptors (Lipinski definition) is 5. The molecule has 168 valence electrons. The van der Waals surface area contributed by atoms with Crippen molar-refractivity contribution in [3.05, 3.63) is 88.4 Å². The van der Waals surface area contributed by atoms with Gasteiger partial charge < -0.3 is 10.0 Å². The molecule has 0 radical (unpaired) electrons. The minimum atomic E-state index is -3.19. The quantitative estimate of drug-likeness (QED) is 0.725. The molecule has 2 heterocycles. The predicted molar refractivity (Wildman–Crippen MR) is 126 cm³/mol. The molecule has 7 heteroatoms. The van der Waals surface area contributed by atoms with Gasteiger partial charge in [0.15, 0.2) is 9.84 Å². The molecule has 1 N–H and O–H groups in total. The number of sulfone groups is 1. The van der Waals surface area contributed by atoms with Gasteiger partial charge in [0.2, 0.25) is 0 Å². The Morgan fingerprint density at radius 2 is 1.91 bits per heavy atom. The number of likely N-dealkylation sites (N-methyl/N-ethyl adjacent to an activating group) is 1. The number of rotatable bonds is 6. The molecule has 32 heavy (non-hydrogen) atoms. The minimum absolute atomic E-state index is 0.0122. The zero-order chi connectivity index (χ0) is 22.9. The van der Waals surface area contributed by atoms with E-state index in [1.807, 2.05) is 25.2 Å². The summed E-state index contributed by atoms with van der Waals surface area (Å²) in [5, 5.41) is 9.72. The lowest BCUT2D eigenvalue weighted by Gasteiger charge is -2.26. The second-order valence-corrected chi connectivity index (χ2v) is 10.6. The highest BCUT2D eigenvalue weighted by Crippen LogP contribution is 2.38. The van der Waals surface area contributed by atoms with E-state index in [1.54, 1.807) is 19.1 Å². The molecule has 0 saturated heterocycles. The minimum Gasteiger partial charge on any atom is -0.396 e. The molecular formula is C25H27FN2O3S. The summed E-state index contributed by atoms with van der Waals surface area (Å²) in [5.41, 5.74) is 5.96. The van der Waals surface area contributed by atoms with Crippen LogP contribution in [0.25, 0.3) is 5.57 Å². The van der Waals surface area contributed by atoms with Crippen LogP contribution in [0.2, 0.25) is 0 Å². The van der Waals surface area contributed by atoms with Crippen LogP contribution in [0.4, 0.5) is 4.39 Å². The maximum atomic E-state index is 13.6. The summed E-state index contributed by atoms with van der Waals surface area (Å²) in [5.74, 6) is -0.264. The summed E-state index contributed by atoms with van der Waals surface area (Å²) in [6.07, 6.45) is 4.63. The van der Waals surface area contributed by atoms with Crippen LogP contribution < -0.4 is 0 Å². The summed E-state index contributed by atoms with van der Waals surface area (Å²) in [6, 6.07) is 11.6. The SMILES string of the molecule is CCS(=O)(=O)Cc1ccc2c(c1)C1=CN(C)CC=C1[C@H](CCO)N=C2c1ccc(F)cc1. The monoisotopic (exact) mass is 454 g/mol. The van der Waals surface area contributed by atoms with E-state index in [2.05, 4.69) is 17.2 Å². The number of aliphatic imine (C=N–C) groups is 1. The molecule has 5 nitrogen and oxygen atoms in total. The van der Waals surface area contributed by atoms with Gasteiger partial charge in [-0.05, 0) is 53.5 Å². The van der Waals surface area contributed by atoms with Gasteiger partial charge in [-0.15, -0.1) is 0 Å². The van der Waals surface area contributed by atoms with Crippen molar-refractivity contribution in [1.82, 2.24) is 4.90 Å². The average molecular weight is 455 g/mol. The summed E-state index contributed by atoms with van der Waals surface area (Å²) in [6.45, 7) is 2.36. The van der Waals surface area contributed by atoms with Crippen molar-refractivity contribution >= 4 is 21.1 Å². The van der Waals surface area contributed by atoms with E-state index in [1.165, 1.54) is 12.1 Å². The normalized spacial score (nSPS) is 18.2. The first-order chi connectivity index (χ1) is 15.3. The van der Waals surface area contributed by atoms with Crippen molar-refractivity contribution in [1.29, 1.82) is 0 Å². The standard InChI is InChI=1S/C25H27FN2O3S/c1-3-32(30,31)16-17-4-9-21-22(14-17)23-15-28(2)12-10-20(23)24(11-13-29)27-25(21)18-5-7-19(26)8-6-18/h4-10,14-15,24,29H,3,11-13,16H2,1-2H3/t24-/m0/s1. The fraction of sp³-hybridized carbons (Fsp3) is 0.320. The molecule has 0 fully saturated rings. The molecule has 2 aliphatic heterocycles. The van der Waals surface area contributed by atoms with Crippen molar-refractivity contribution in [3.8, 4) is 0 Å². The third-order valence-corrected chi connectivity index (χ3v) is 7.53. The van der Waals surface area contributed by atoms with Gasteiger partial charge in [0, 0.05) is 48.9 Å². The largest absolute Gasteiger partial charge is 0.396 e. The van der Waals surface area contributed by atoms with Crippen LogP contribution in [-0.4, -0.2) is 56.1 Å². The lowest BCUT2D eigenvalue weighted by atomic mass is 9.87. The number of hydrogen-bond donors (Lipinski definition) is 1.